The third-order valence-electron chi connectivity index (χ3n) is 10.7. The van der Waals surface area contributed by atoms with Crippen molar-refractivity contribution in [2.75, 3.05) is 0 Å². The van der Waals surface area contributed by atoms with Gasteiger partial charge < -0.3 is 8.80 Å². The molecule has 190 valence electrons. The molecule has 2 aliphatic carbocycles. The van der Waals surface area contributed by atoms with Gasteiger partial charge in [0.1, 0.15) is 0 Å². The van der Waals surface area contributed by atoms with E-state index in [-0.39, 0.29) is 0 Å². The Hall–Kier alpha value is -4.30. The molecular weight excluding hydrogens is 484 g/mol. The molecule has 4 aromatic heterocycles. The first-order chi connectivity index (χ1) is 19.9. The Labute approximate surface area is 231 Å². The van der Waals surface area contributed by atoms with Crippen LogP contribution >= 0.6 is 0 Å². The van der Waals surface area contributed by atoms with Crippen molar-refractivity contribution in [3.63, 3.8) is 0 Å². The zero-order valence-electron chi connectivity index (χ0n) is 22.5. The predicted octanol–water partition coefficient (Wildman–Crippen LogP) is 9.74. The summed E-state index contributed by atoms with van der Waals surface area (Å²) in [6.07, 6.45) is 10.1. The molecule has 2 heteroatoms. The van der Waals surface area contributed by atoms with Crippen molar-refractivity contribution in [3.05, 3.63) is 95.1 Å². The monoisotopic (exact) mass is 512 g/mol. The summed E-state index contributed by atoms with van der Waals surface area (Å²) in [7, 11) is 0. The van der Waals surface area contributed by atoms with Gasteiger partial charge in [-0.25, -0.2) is 0 Å². The summed E-state index contributed by atoms with van der Waals surface area (Å²) in [5.41, 5.74) is 14.6. The fraction of sp³-hybridized carbons (Fsp3) is 0.211. The summed E-state index contributed by atoms with van der Waals surface area (Å²) in [5, 5.41) is 11.5. The van der Waals surface area contributed by atoms with Crippen LogP contribution in [0.15, 0.2) is 72.8 Å². The first kappa shape index (κ1) is 20.6. The van der Waals surface area contributed by atoms with Gasteiger partial charge in [-0.05, 0) is 110 Å². The van der Waals surface area contributed by atoms with E-state index in [0.717, 1.165) is 0 Å². The maximum atomic E-state index is 2.63. The van der Waals surface area contributed by atoms with Crippen molar-refractivity contribution in [2.45, 2.75) is 51.4 Å². The number of rotatable bonds is 0. The van der Waals surface area contributed by atoms with Gasteiger partial charge in [0.15, 0.2) is 0 Å². The van der Waals surface area contributed by atoms with E-state index >= 15 is 0 Å². The van der Waals surface area contributed by atoms with Crippen LogP contribution in [0, 0.1) is 0 Å². The summed E-state index contributed by atoms with van der Waals surface area (Å²) in [6.45, 7) is 0. The molecule has 0 amide bonds. The fourth-order valence-corrected chi connectivity index (χ4v) is 9.04. The number of nitrogens with zero attached hydrogens (tertiary/aromatic N) is 2. The van der Waals surface area contributed by atoms with Gasteiger partial charge in [-0.1, -0.05) is 36.4 Å². The molecule has 0 aliphatic heterocycles. The summed E-state index contributed by atoms with van der Waals surface area (Å²) < 4.78 is 5.26. The zero-order chi connectivity index (χ0) is 25.7. The lowest BCUT2D eigenvalue weighted by Crippen LogP contribution is -2.02. The number of fused-ring (bicyclic) bond motifs is 16. The Balaban J connectivity index is 1.53. The number of aromatic nitrogens is 2. The molecule has 11 rings (SSSR count). The number of hydrogen-bond donors (Lipinski definition) is 0. The van der Waals surface area contributed by atoms with Gasteiger partial charge in [0.2, 0.25) is 0 Å². The molecule has 5 aromatic carbocycles. The molecule has 9 aromatic rings. The molecule has 2 nitrogen and oxygen atoms in total. The van der Waals surface area contributed by atoms with E-state index in [0.29, 0.717) is 0 Å². The fourth-order valence-electron chi connectivity index (χ4n) is 9.04. The summed E-state index contributed by atoms with van der Waals surface area (Å²) >= 11 is 0. The van der Waals surface area contributed by atoms with Gasteiger partial charge in [0.25, 0.3) is 0 Å². The Kier molecular flexibility index (Phi) is 3.54. The number of para-hydroxylation sites is 2. The van der Waals surface area contributed by atoms with E-state index in [2.05, 4.69) is 81.6 Å². The van der Waals surface area contributed by atoms with Crippen LogP contribution in [-0.4, -0.2) is 8.80 Å². The second-order valence-electron chi connectivity index (χ2n) is 12.6. The van der Waals surface area contributed by atoms with Crippen LogP contribution in [0.4, 0.5) is 0 Å². The Morgan fingerprint density at radius 2 is 0.750 bits per heavy atom. The molecule has 4 heterocycles. The van der Waals surface area contributed by atoms with Crippen molar-refractivity contribution < 1.29 is 0 Å². The van der Waals surface area contributed by atoms with Crippen molar-refractivity contribution in [3.8, 4) is 0 Å². The van der Waals surface area contributed by atoms with E-state index in [1.807, 2.05) is 0 Å². The maximum Gasteiger partial charge on any atom is 0.0634 e. The Bertz CT molecular complexity index is 2360. The van der Waals surface area contributed by atoms with Crippen LogP contribution in [-0.2, 0) is 25.7 Å². The summed E-state index contributed by atoms with van der Waals surface area (Å²) in [5.74, 6) is 0. The molecule has 40 heavy (non-hydrogen) atoms. The third kappa shape index (κ3) is 2.21. The normalized spacial score (nSPS) is 16.2. The molecule has 0 N–H and O–H groups in total. The van der Waals surface area contributed by atoms with Gasteiger partial charge in [0, 0.05) is 43.1 Å². The van der Waals surface area contributed by atoms with E-state index in [4.69, 9.17) is 0 Å². The van der Waals surface area contributed by atoms with E-state index < -0.39 is 0 Å². The maximum absolute atomic E-state index is 2.63. The molecule has 0 saturated heterocycles. The summed E-state index contributed by atoms with van der Waals surface area (Å²) in [6, 6.07) is 28.6. The van der Waals surface area contributed by atoms with Crippen molar-refractivity contribution >= 4 is 76.2 Å². The third-order valence-corrected chi connectivity index (χ3v) is 10.7. The standard InChI is InChI=1S/C38H28N2/c1-3-11-23-19-31-27(17-21(23)9-1)35-33-25-13-5-8-16-30(25)40-32-20-24-12-4-2-10-22(24)18-28(32)36(38(33)40)34-26-14-6-7-15-29(26)39(31)37(34)35/h5-8,13-20H,1-4,9-12H2. The second-order valence-corrected chi connectivity index (χ2v) is 12.6. The molecule has 0 atom stereocenters. The van der Waals surface area contributed by atoms with Crippen LogP contribution in [0.1, 0.15) is 47.9 Å². The van der Waals surface area contributed by atoms with Gasteiger partial charge in [0.05, 0.1) is 33.1 Å². The van der Waals surface area contributed by atoms with Crippen molar-refractivity contribution in [1.82, 2.24) is 8.80 Å². The van der Waals surface area contributed by atoms with Crippen molar-refractivity contribution in [1.29, 1.82) is 0 Å². The number of hydrogen-bond acceptors (Lipinski definition) is 0. The molecule has 0 radical (unpaired) electrons. The predicted molar refractivity (Wildman–Crippen MR) is 169 cm³/mol. The molecule has 2 aliphatic rings. The van der Waals surface area contributed by atoms with E-state index in [9.17, 15) is 0 Å². The topological polar surface area (TPSA) is 8.82 Å². The van der Waals surface area contributed by atoms with Gasteiger partial charge in [-0.15, -0.1) is 0 Å². The highest BCUT2D eigenvalue weighted by molar-refractivity contribution is 6.45. The quantitative estimate of drug-likeness (QED) is 0.191. The average molecular weight is 513 g/mol. The van der Waals surface area contributed by atoms with Crippen molar-refractivity contribution in [2.24, 2.45) is 0 Å². The summed E-state index contributed by atoms with van der Waals surface area (Å²) in [4.78, 5) is 0. The van der Waals surface area contributed by atoms with Crippen LogP contribution in [0.3, 0.4) is 0 Å². The lowest BCUT2D eigenvalue weighted by molar-refractivity contribution is 0.687. The highest BCUT2D eigenvalue weighted by atomic mass is 14.9. The minimum absolute atomic E-state index is 1.21. The Morgan fingerprint density at radius 3 is 1.20 bits per heavy atom. The highest BCUT2D eigenvalue weighted by Gasteiger charge is 2.29. The smallest absolute Gasteiger partial charge is 0.0634 e. The molecule has 0 unspecified atom stereocenters. The van der Waals surface area contributed by atoms with Crippen LogP contribution in [0.2, 0.25) is 0 Å². The molecular formula is C38H28N2. The highest BCUT2D eigenvalue weighted by Crippen LogP contribution is 2.52. The lowest BCUT2D eigenvalue weighted by atomic mass is 9.89. The zero-order valence-corrected chi connectivity index (χ0v) is 22.5. The van der Waals surface area contributed by atoms with Gasteiger partial charge >= 0.3 is 0 Å². The number of aryl methyl sites for hydroxylation is 4. The number of benzene rings is 5. The van der Waals surface area contributed by atoms with Crippen LogP contribution in [0.25, 0.3) is 76.2 Å². The first-order valence-electron chi connectivity index (χ1n) is 15.2. The lowest BCUT2D eigenvalue weighted by Gasteiger charge is -2.16. The largest absolute Gasteiger partial charge is 0.308 e. The van der Waals surface area contributed by atoms with E-state index in [1.54, 1.807) is 22.3 Å². The van der Waals surface area contributed by atoms with Gasteiger partial charge in [-0.3, -0.25) is 0 Å². The average Bonchev–Trinajstić information content (AvgIpc) is 3.71. The van der Waals surface area contributed by atoms with E-state index in [1.165, 1.54) is 128 Å². The Morgan fingerprint density at radius 1 is 0.375 bits per heavy atom. The molecule has 0 bridgehead atoms. The molecule has 0 fully saturated rings. The van der Waals surface area contributed by atoms with Crippen LogP contribution < -0.4 is 0 Å². The minimum atomic E-state index is 1.21. The molecule has 0 spiro atoms. The van der Waals surface area contributed by atoms with Gasteiger partial charge in [-0.2, -0.15) is 0 Å². The SMILES string of the molecule is c1ccc2c(c1)c1c3c4cc5c(cc4n4c6ccccc6c(c6c7cc8c(cc7n2c16)CCCC8)c34)CCCC5. The minimum Gasteiger partial charge on any atom is -0.308 e. The second kappa shape index (κ2) is 6.88. The molecule has 0 saturated carbocycles. The first-order valence-corrected chi connectivity index (χ1v) is 15.2. The van der Waals surface area contributed by atoms with Crippen LogP contribution in [0.5, 0.6) is 0 Å².